The highest BCUT2D eigenvalue weighted by Gasteiger charge is 2.10. The fourth-order valence-electron chi connectivity index (χ4n) is 2.07. The number of hydrogen-bond donors (Lipinski definition) is 1. The maximum atomic E-state index is 12.0. The highest BCUT2D eigenvalue weighted by molar-refractivity contribution is 7.16. The van der Waals surface area contributed by atoms with Crippen LogP contribution < -0.4 is 10.1 Å². The van der Waals surface area contributed by atoms with Crippen molar-refractivity contribution < 1.29 is 9.53 Å². The predicted molar refractivity (Wildman–Crippen MR) is 95.2 cm³/mol. The maximum Gasteiger partial charge on any atom is 0.234 e. The lowest BCUT2D eigenvalue weighted by Crippen LogP contribution is -2.38. The lowest BCUT2D eigenvalue weighted by molar-refractivity contribution is -0.122. The second-order valence-electron chi connectivity index (χ2n) is 5.02. The number of rotatable bonds is 9. The molecule has 4 nitrogen and oxygen atoms in total. The summed E-state index contributed by atoms with van der Waals surface area (Å²) in [4.78, 5) is 15.2. The lowest BCUT2D eigenvalue weighted by atomic mass is 10.3. The van der Waals surface area contributed by atoms with Crippen LogP contribution in [0.25, 0.3) is 0 Å². The number of para-hydroxylation sites is 1. The molecule has 1 N–H and O–H groups in total. The molecule has 0 bridgehead atoms. The van der Waals surface area contributed by atoms with Crippen LogP contribution in [0.4, 0.5) is 0 Å². The van der Waals surface area contributed by atoms with Gasteiger partial charge in [-0.3, -0.25) is 9.69 Å². The van der Waals surface area contributed by atoms with Gasteiger partial charge in [0.15, 0.2) is 0 Å². The quantitative estimate of drug-likeness (QED) is 0.703. The molecule has 2 aromatic rings. The van der Waals surface area contributed by atoms with Gasteiger partial charge in [0.25, 0.3) is 0 Å². The van der Waals surface area contributed by atoms with Gasteiger partial charge < -0.3 is 10.1 Å². The normalized spacial score (nSPS) is 10.7. The first-order valence-electron chi connectivity index (χ1n) is 7.58. The van der Waals surface area contributed by atoms with E-state index in [0.29, 0.717) is 19.7 Å². The number of ether oxygens (including phenoxy) is 1. The van der Waals surface area contributed by atoms with Gasteiger partial charge in [0, 0.05) is 11.4 Å². The third-order valence-electron chi connectivity index (χ3n) is 3.26. The first kappa shape index (κ1) is 17.8. The Morgan fingerprint density at radius 2 is 2.04 bits per heavy atom. The van der Waals surface area contributed by atoms with Crippen molar-refractivity contribution in [2.45, 2.75) is 13.5 Å². The van der Waals surface area contributed by atoms with Gasteiger partial charge in [-0.25, -0.2) is 0 Å². The number of carbonyl (C=O) groups excluding carboxylic acids is 1. The SMILES string of the molecule is CCN(CC(=O)NCCOc1ccccc1)Cc1ccc(Cl)s1. The van der Waals surface area contributed by atoms with Crippen molar-refractivity contribution in [1.29, 1.82) is 0 Å². The molecule has 124 valence electrons. The van der Waals surface area contributed by atoms with Gasteiger partial charge >= 0.3 is 0 Å². The molecule has 0 spiro atoms. The van der Waals surface area contributed by atoms with E-state index in [4.69, 9.17) is 16.3 Å². The Hall–Kier alpha value is -1.56. The number of nitrogens with zero attached hydrogens (tertiary/aromatic N) is 1. The fraction of sp³-hybridized carbons (Fsp3) is 0.353. The average molecular weight is 353 g/mol. The molecule has 1 heterocycles. The molecular formula is C17H21ClN2O2S. The Kier molecular flexibility index (Phi) is 7.39. The van der Waals surface area contributed by atoms with E-state index in [2.05, 4.69) is 10.2 Å². The first-order chi connectivity index (χ1) is 11.2. The summed E-state index contributed by atoms with van der Waals surface area (Å²) in [6.45, 7) is 4.92. The Labute approximate surface area is 146 Å². The number of likely N-dealkylation sites (N-methyl/N-ethyl adjacent to an activating group) is 1. The zero-order chi connectivity index (χ0) is 16.5. The highest BCUT2D eigenvalue weighted by Crippen LogP contribution is 2.22. The summed E-state index contributed by atoms with van der Waals surface area (Å²) in [6, 6.07) is 13.5. The van der Waals surface area contributed by atoms with Gasteiger partial charge in [0.2, 0.25) is 5.91 Å². The molecule has 0 radical (unpaired) electrons. The number of nitrogens with one attached hydrogen (secondary N) is 1. The molecule has 0 aliphatic rings. The van der Waals surface area contributed by atoms with Crippen molar-refractivity contribution in [1.82, 2.24) is 10.2 Å². The molecular weight excluding hydrogens is 332 g/mol. The van der Waals surface area contributed by atoms with Crippen molar-refractivity contribution in [3.8, 4) is 5.75 Å². The smallest absolute Gasteiger partial charge is 0.234 e. The molecule has 1 amide bonds. The van der Waals surface area contributed by atoms with E-state index >= 15 is 0 Å². The first-order valence-corrected chi connectivity index (χ1v) is 8.78. The number of carbonyl (C=O) groups is 1. The topological polar surface area (TPSA) is 41.6 Å². The van der Waals surface area contributed by atoms with E-state index in [-0.39, 0.29) is 5.91 Å². The molecule has 1 aromatic carbocycles. The maximum absolute atomic E-state index is 12.0. The van der Waals surface area contributed by atoms with E-state index in [1.54, 1.807) is 11.3 Å². The van der Waals surface area contributed by atoms with Gasteiger partial charge in [-0.1, -0.05) is 36.7 Å². The molecule has 23 heavy (non-hydrogen) atoms. The number of benzene rings is 1. The molecule has 0 saturated heterocycles. The molecule has 1 aromatic heterocycles. The average Bonchev–Trinajstić information content (AvgIpc) is 2.97. The fourth-order valence-corrected chi connectivity index (χ4v) is 3.20. The summed E-state index contributed by atoms with van der Waals surface area (Å²) in [7, 11) is 0. The van der Waals surface area contributed by atoms with Crippen molar-refractivity contribution in [3.63, 3.8) is 0 Å². The molecule has 6 heteroatoms. The largest absolute Gasteiger partial charge is 0.492 e. The Balaban J connectivity index is 1.66. The Morgan fingerprint density at radius 1 is 1.26 bits per heavy atom. The zero-order valence-electron chi connectivity index (χ0n) is 13.1. The van der Waals surface area contributed by atoms with E-state index in [1.165, 1.54) is 0 Å². The van der Waals surface area contributed by atoms with Crippen LogP contribution in [-0.4, -0.2) is 37.0 Å². The third-order valence-corrected chi connectivity index (χ3v) is 4.47. The van der Waals surface area contributed by atoms with Crippen LogP contribution in [0.1, 0.15) is 11.8 Å². The van der Waals surface area contributed by atoms with E-state index in [1.807, 2.05) is 49.4 Å². The minimum atomic E-state index is 0.00571. The lowest BCUT2D eigenvalue weighted by Gasteiger charge is -2.19. The molecule has 2 rings (SSSR count). The molecule has 0 saturated carbocycles. The van der Waals surface area contributed by atoms with Crippen LogP contribution in [0, 0.1) is 0 Å². The van der Waals surface area contributed by atoms with Gasteiger partial charge in [0.05, 0.1) is 17.4 Å². The van der Waals surface area contributed by atoms with Crippen LogP contribution in [-0.2, 0) is 11.3 Å². The van der Waals surface area contributed by atoms with E-state index < -0.39 is 0 Å². The summed E-state index contributed by atoms with van der Waals surface area (Å²) in [5.41, 5.74) is 0. The van der Waals surface area contributed by atoms with Gasteiger partial charge in [0.1, 0.15) is 12.4 Å². The summed E-state index contributed by atoms with van der Waals surface area (Å²) < 4.78 is 6.32. The zero-order valence-corrected chi connectivity index (χ0v) is 14.7. The van der Waals surface area contributed by atoms with Gasteiger partial charge in [-0.05, 0) is 30.8 Å². The Bertz CT molecular complexity index is 604. The van der Waals surface area contributed by atoms with Gasteiger partial charge in [-0.15, -0.1) is 11.3 Å². The highest BCUT2D eigenvalue weighted by atomic mass is 35.5. The second-order valence-corrected chi connectivity index (χ2v) is 6.82. The summed E-state index contributed by atoms with van der Waals surface area (Å²) in [6.07, 6.45) is 0. The molecule has 0 aliphatic heterocycles. The standard InChI is InChI=1S/C17H21ClN2O2S/c1-2-20(12-15-8-9-16(18)23-15)13-17(21)19-10-11-22-14-6-4-3-5-7-14/h3-9H,2,10-13H2,1H3,(H,19,21). The monoisotopic (exact) mass is 352 g/mol. The van der Waals surface area contributed by atoms with Crippen LogP contribution in [0.2, 0.25) is 4.34 Å². The summed E-state index contributed by atoms with van der Waals surface area (Å²) in [5.74, 6) is 0.817. The molecule has 0 fully saturated rings. The number of amides is 1. The summed E-state index contributed by atoms with van der Waals surface area (Å²) >= 11 is 7.48. The Morgan fingerprint density at radius 3 is 2.70 bits per heavy atom. The minimum absolute atomic E-state index is 0.00571. The number of thiophene rings is 1. The third kappa shape index (κ3) is 6.60. The molecule has 0 aliphatic carbocycles. The van der Waals surface area contributed by atoms with Crippen LogP contribution in [0.5, 0.6) is 5.75 Å². The summed E-state index contributed by atoms with van der Waals surface area (Å²) in [5, 5.41) is 2.88. The van der Waals surface area contributed by atoms with Crippen molar-refractivity contribution >= 4 is 28.8 Å². The van der Waals surface area contributed by atoms with Crippen molar-refractivity contribution in [2.24, 2.45) is 0 Å². The predicted octanol–water partition coefficient (Wildman–Crippen LogP) is 3.42. The van der Waals surface area contributed by atoms with Gasteiger partial charge in [-0.2, -0.15) is 0 Å². The van der Waals surface area contributed by atoms with E-state index in [9.17, 15) is 4.79 Å². The number of hydrogen-bond acceptors (Lipinski definition) is 4. The van der Waals surface area contributed by atoms with Crippen LogP contribution >= 0.6 is 22.9 Å². The molecule has 0 unspecified atom stereocenters. The molecule has 0 atom stereocenters. The minimum Gasteiger partial charge on any atom is -0.492 e. The van der Waals surface area contributed by atoms with Crippen LogP contribution in [0.15, 0.2) is 42.5 Å². The van der Waals surface area contributed by atoms with Crippen LogP contribution in [0.3, 0.4) is 0 Å². The number of halogens is 1. The van der Waals surface area contributed by atoms with Crippen molar-refractivity contribution in [2.75, 3.05) is 26.2 Å². The van der Waals surface area contributed by atoms with Crippen molar-refractivity contribution in [3.05, 3.63) is 51.7 Å². The van der Waals surface area contributed by atoms with E-state index in [0.717, 1.165) is 28.1 Å². The second kappa shape index (κ2) is 9.55.